The molecule has 0 radical (unpaired) electrons. The lowest BCUT2D eigenvalue weighted by molar-refractivity contribution is -0.146. The summed E-state index contributed by atoms with van der Waals surface area (Å²) < 4.78 is 5.04. The zero-order valence-corrected chi connectivity index (χ0v) is 16.6. The number of halogens is 2. The average Bonchev–Trinajstić information content (AvgIpc) is 3.02. The molecule has 1 unspecified atom stereocenters. The van der Waals surface area contributed by atoms with E-state index in [2.05, 4.69) is 0 Å². The number of carbonyl (C=O) groups excluding carboxylic acids is 1. The molecule has 1 atom stereocenters. The summed E-state index contributed by atoms with van der Waals surface area (Å²) in [6.07, 6.45) is 0.328. The lowest BCUT2D eigenvalue weighted by Crippen LogP contribution is -2.37. The highest BCUT2D eigenvalue weighted by Gasteiger charge is 2.36. The Morgan fingerprint density at radius 1 is 1.36 bits per heavy atom. The van der Waals surface area contributed by atoms with Crippen molar-refractivity contribution in [1.29, 1.82) is 0 Å². The summed E-state index contributed by atoms with van der Waals surface area (Å²) in [5, 5.41) is 11.1. The molecule has 2 aromatic rings. The molecule has 0 aliphatic rings. The number of ketones is 1. The highest BCUT2D eigenvalue weighted by molar-refractivity contribution is 14.1. The van der Waals surface area contributed by atoms with Crippen LogP contribution >= 0.6 is 56.5 Å². The molecule has 0 aliphatic heterocycles. The molecule has 1 heterocycles. The van der Waals surface area contributed by atoms with Crippen LogP contribution in [0.25, 0.3) is 0 Å². The largest absolute Gasteiger partial charge is 0.478 e. The normalized spacial score (nSPS) is 13.4. The molecule has 0 saturated heterocycles. The van der Waals surface area contributed by atoms with E-state index < -0.39 is 9.58 Å². The van der Waals surface area contributed by atoms with Crippen molar-refractivity contribution in [2.45, 2.75) is 17.0 Å². The highest BCUT2D eigenvalue weighted by atomic mass is 127. The fourth-order valence-electron chi connectivity index (χ4n) is 1.72. The van der Waals surface area contributed by atoms with E-state index in [1.54, 1.807) is 53.8 Å². The van der Waals surface area contributed by atoms with Gasteiger partial charge in [-0.15, -0.1) is 11.3 Å². The molecule has 0 amide bonds. The second-order valence-electron chi connectivity index (χ2n) is 4.44. The molecule has 4 nitrogen and oxygen atoms in total. The van der Waals surface area contributed by atoms with Gasteiger partial charge in [0.2, 0.25) is 5.78 Å². The predicted octanol–water partition coefficient (Wildman–Crippen LogP) is 4.59. The van der Waals surface area contributed by atoms with Crippen LogP contribution in [0.15, 0.2) is 35.7 Å². The summed E-state index contributed by atoms with van der Waals surface area (Å²) in [5.74, 6) is -0.610. The Morgan fingerprint density at radius 3 is 2.59 bits per heavy atom. The number of carbonyl (C=O) groups is 2. The van der Waals surface area contributed by atoms with Crippen molar-refractivity contribution in [3.8, 4) is 5.75 Å². The summed E-state index contributed by atoms with van der Waals surface area (Å²) in [6, 6.07) is 8.63. The van der Waals surface area contributed by atoms with Gasteiger partial charge in [-0.2, -0.15) is 0 Å². The number of benzene rings is 1. The minimum absolute atomic E-state index is 0.0473. The van der Waals surface area contributed by atoms with Crippen molar-refractivity contribution in [2.75, 3.05) is 0 Å². The number of thiophene rings is 1. The second-order valence-corrected chi connectivity index (χ2v) is 8.29. The van der Waals surface area contributed by atoms with E-state index in [4.69, 9.17) is 4.74 Å². The minimum Gasteiger partial charge on any atom is -0.478 e. The maximum absolute atomic E-state index is 12.3. The first kappa shape index (κ1) is 17.7. The molecule has 116 valence electrons. The van der Waals surface area contributed by atoms with Crippen LogP contribution in [0.5, 0.6) is 5.75 Å². The molecule has 0 bridgehead atoms. The summed E-state index contributed by atoms with van der Waals surface area (Å²) >= 11 is 5.23. The van der Waals surface area contributed by atoms with Crippen LogP contribution in [0, 0.1) is 3.57 Å². The Balaban J connectivity index is 2.27. The molecule has 1 aromatic carbocycles. The van der Waals surface area contributed by atoms with Crippen molar-refractivity contribution in [1.82, 2.24) is 0 Å². The van der Waals surface area contributed by atoms with Crippen LogP contribution in [-0.2, 0) is 4.79 Å². The molecular weight excluding hydrogens is 530 g/mol. The standard InChI is InChI=1S/C15H12I2O4S/c1-2-15(17,14(19)20)21-11-6-5-9(8-10(11)16)13(18)12-4-3-7-22-12/h3-8H,2H2,1H3,(H,19,20). The number of carboxylic acids is 1. The summed E-state index contributed by atoms with van der Waals surface area (Å²) in [7, 11) is 0. The Bertz CT molecular complexity index is 700. The first-order valence-electron chi connectivity index (χ1n) is 6.36. The first-order valence-corrected chi connectivity index (χ1v) is 9.40. The number of carboxylic acid groups (broad SMARTS) is 1. The third-order valence-electron chi connectivity index (χ3n) is 2.98. The van der Waals surface area contributed by atoms with Gasteiger partial charge >= 0.3 is 5.97 Å². The van der Waals surface area contributed by atoms with E-state index in [0.717, 1.165) is 0 Å². The van der Waals surface area contributed by atoms with Crippen molar-refractivity contribution in [3.63, 3.8) is 0 Å². The van der Waals surface area contributed by atoms with Gasteiger partial charge in [0.25, 0.3) is 3.61 Å². The van der Waals surface area contributed by atoms with Gasteiger partial charge in [0.1, 0.15) is 5.75 Å². The number of ether oxygens (including phenoxy) is 1. The third-order valence-corrected chi connectivity index (χ3v) is 6.14. The van der Waals surface area contributed by atoms with E-state index >= 15 is 0 Å². The molecule has 2 rings (SSSR count). The number of hydrogen-bond acceptors (Lipinski definition) is 4. The van der Waals surface area contributed by atoms with Gasteiger partial charge in [-0.3, -0.25) is 4.79 Å². The van der Waals surface area contributed by atoms with Gasteiger partial charge in [-0.25, -0.2) is 4.79 Å². The van der Waals surface area contributed by atoms with Gasteiger partial charge < -0.3 is 9.84 Å². The topological polar surface area (TPSA) is 63.6 Å². The summed E-state index contributed by atoms with van der Waals surface area (Å²) in [6.45, 7) is 1.75. The van der Waals surface area contributed by atoms with E-state index in [9.17, 15) is 14.7 Å². The van der Waals surface area contributed by atoms with Crippen molar-refractivity contribution >= 4 is 68.3 Å². The lowest BCUT2D eigenvalue weighted by atomic mass is 10.1. The summed E-state index contributed by atoms with van der Waals surface area (Å²) in [4.78, 5) is 24.3. The molecular formula is C15H12I2O4S. The lowest BCUT2D eigenvalue weighted by Gasteiger charge is -2.23. The predicted molar refractivity (Wildman–Crippen MR) is 102 cm³/mol. The maximum atomic E-state index is 12.3. The van der Waals surface area contributed by atoms with Crippen LogP contribution < -0.4 is 4.74 Å². The van der Waals surface area contributed by atoms with Crippen LogP contribution in [0.1, 0.15) is 28.6 Å². The van der Waals surface area contributed by atoms with Crippen molar-refractivity contribution in [3.05, 3.63) is 49.7 Å². The van der Waals surface area contributed by atoms with Crippen molar-refractivity contribution < 1.29 is 19.4 Å². The number of aliphatic carboxylic acids is 1. The van der Waals surface area contributed by atoms with Crippen LogP contribution in [0.4, 0.5) is 0 Å². The molecule has 22 heavy (non-hydrogen) atoms. The Morgan fingerprint density at radius 2 is 2.09 bits per heavy atom. The average molecular weight is 542 g/mol. The van der Waals surface area contributed by atoms with Crippen LogP contribution in [-0.4, -0.2) is 20.5 Å². The third kappa shape index (κ3) is 3.80. The Hall–Kier alpha value is -0.680. The second kappa shape index (κ2) is 7.26. The molecule has 0 aliphatic carbocycles. The number of rotatable bonds is 6. The molecule has 0 saturated carbocycles. The number of alkyl halides is 1. The fraction of sp³-hybridized carbons (Fsp3) is 0.200. The zero-order chi connectivity index (χ0) is 16.3. The molecule has 1 N–H and O–H groups in total. The number of hydrogen-bond donors (Lipinski definition) is 1. The fourth-order valence-corrected chi connectivity index (χ4v) is 3.26. The highest BCUT2D eigenvalue weighted by Crippen LogP contribution is 2.32. The van der Waals surface area contributed by atoms with Gasteiger partial charge in [0, 0.05) is 12.0 Å². The quantitative estimate of drug-likeness (QED) is 0.330. The van der Waals surface area contributed by atoms with E-state index in [1.165, 1.54) is 11.3 Å². The van der Waals surface area contributed by atoms with E-state index in [0.29, 0.717) is 26.2 Å². The Labute approximate surface area is 159 Å². The smallest absolute Gasteiger partial charge is 0.358 e. The van der Waals surface area contributed by atoms with Crippen LogP contribution in [0.2, 0.25) is 0 Å². The molecule has 7 heteroatoms. The molecule has 0 spiro atoms. The van der Waals surface area contributed by atoms with Crippen LogP contribution in [0.3, 0.4) is 0 Å². The van der Waals surface area contributed by atoms with Crippen molar-refractivity contribution in [2.24, 2.45) is 0 Å². The van der Waals surface area contributed by atoms with Gasteiger partial charge in [-0.05, 0) is 74.8 Å². The van der Waals surface area contributed by atoms with E-state index in [1.807, 2.05) is 34.0 Å². The van der Waals surface area contributed by atoms with Gasteiger partial charge in [-0.1, -0.05) is 13.0 Å². The summed E-state index contributed by atoms with van der Waals surface area (Å²) in [5.41, 5.74) is 0.560. The first-order chi connectivity index (χ1) is 10.4. The molecule has 0 fully saturated rings. The maximum Gasteiger partial charge on any atom is 0.358 e. The Kier molecular flexibility index (Phi) is 5.83. The van der Waals surface area contributed by atoms with Gasteiger partial charge in [0.05, 0.1) is 8.45 Å². The van der Waals surface area contributed by atoms with Gasteiger partial charge in [0.15, 0.2) is 0 Å². The minimum atomic E-state index is -1.31. The monoisotopic (exact) mass is 542 g/mol. The zero-order valence-electron chi connectivity index (χ0n) is 11.5. The molecule has 1 aromatic heterocycles. The van der Waals surface area contributed by atoms with E-state index in [-0.39, 0.29) is 5.78 Å². The SMILES string of the molecule is CCC(I)(Oc1ccc(C(=O)c2cccs2)cc1I)C(=O)O.